The third kappa shape index (κ3) is 3.38. The van der Waals surface area contributed by atoms with Crippen LogP contribution in [0.3, 0.4) is 0 Å². The highest BCUT2D eigenvalue weighted by Gasteiger charge is 2.44. The van der Waals surface area contributed by atoms with E-state index < -0.39 is 0 Å². The SMILES string of the molecule is COCc1ccc(NC(=O)c2c(-c3cccnc3)n(C3(C)CC3)c3ncnc(N)c23)cc1. The number of nitrogens with zero attached hydrogens (tertiary/aromatic N) is 4. The number of rotatable bonds is 6. The summed E-state index contributed by atoms with van der Waals surface area (Å²) in [6, 6.07) is 11.4. The number of methoxy groups -OCH3 is 1. The zero-order chi connectivity index (χ0) is 22.3. The van der Waals surface area contributed by atoms with Crippen molar-refractivity contribution >= 4 is 28.4 Å². The van der Waals surface area contributed by atoms with E-state index in [0.717, 1.165) is 29.7 Å². The normalized spacial score (nSPS) is 14.4. The zero-order valence-corrected chi connectivity index (χ0v) is 18.0. The predicted molar refractivity (Wildman–Crippen MR) is 123 cm³/mol. The minimum Gasteiger partial charge on any atom is -0.383 e. The summed E-state index contributed by atoms with van der Waals surface area (Å²) >= 11 is 0. The number of anilines is 2. The van der Waals surface area contributed by atoms with Crippen LogP contribution in [0, 0.1) is 0 Å². The van der Waals surface area contributed by atoms with E-state index in [1.54, 1.807) is 19.5 Å². The molecular weight excluding hydrogens is 404 g/mol. The van der Waals surface area contributed by atoms with E-state index in [1.807, 2.05) is 36.4 Å². The first-order valence-electron chi connectivity index (χ1n) is 10.5. The van der Waals surface area contributed by atoms with E-state index in [9.17, 15) is 4.79 Å². The van der Waals surface area contributed by atoms with Gasteiger partial charge in [0.1, 0.15) is 17.8 Å². The first-order chi connectivity index (χ1) is 15.5. The van der Waals surface area contributed by atoms with Crippen LogP contribution in [0.4, 0.5) is 11.5 Å². The number of ether oxygens (including phenoxy) is 1. The summed E-state index contributed by atoms with van der Waals surface area (Å²) in [5, 5.41) is 3.58. The highest BCUT2D eigenvalue weighted by Crippen LogP contribution is 2.49. The van der Waals surface area contributed by atoms with Crippen LogP contribution in [0.5, 0.6) is 0 Å². The third-order valence-corrected chi connectivity index (χ3v) is 5.98. The molecule has 1 aliphatic rings. The summed E-state index contributed by atoms with van der Waals surface area (Å²) in [5.74, 6) is 0.0153. The Bertz CT molecular complexity index is 1290. The molecule has 0 bridgehead atoms. The number of hydrogen-bond donors (Lipinski definition) is 2. The number of benzene rings is 1. The van der Waals surface area contributed by atoms with Crippen LogP contribution in [0.1, 0.15) is 35.7 Å². The topological polar surface area (TPSA) is 108 Å². The van der Waals surface area contributed by atoms with Crippen molar-refractivity contribution in [3.8, 4) is 11.3 Å². The number of pyridine rings is 1. The van der Waals surface area contributed by atoms with Crippen molar-refractivity contribution < 1.29 is 9.53 Å². The average Bonchev–Trinajstić information content (AvgIpc) is 3.43. The number of aromatic nitrogens is 4. The van der Waals surface area contributed by atoms with Gasteiger partial charge in [-0.1, -0.05) is 12.1 Å². The van der Waals surface area contributed by atoms with Gasteiger partial charge in [-0.15, -0.1) is 0 Å². The maximum Gasteiger partial charge on any atom is 0.258 e. The number of hydrogen-bond acceptors (Lipinski definition) is 6. The van der Waals surface area contributed by atoms with Gasteiger partial charge in [0.15, 0.2) is 0 Å². The van der Waals surface area contributed by atoms with Crippen LogP contribution in [-0.2, 0) is 16.9 Å². The number of fused-ring (bicyclic) bond motifs is 1. The molecule has 3 aromatic heterocycles. The monoisotopic (exact) mass is 428 g/mol. The fourth-order valence-corrected chi connectivity index (χ4v) is 4.11. The van der Waals surface area contributed by atoms with Crippen molar-refractivity contribution in [2.75, 3.05) is 18.2 Å². The molecule has 1 saturated carbocycles. The highest BCUT2D eigenvalue weighted by atomic mass is 16.5. The van der Waals surface area contributed by atoms with E-state index >= 15 is 0 Å². The Morgan fingerprint density at radius 3 is 2.66 bits per heavy atom. The molecule has 0 unspecified atom stereocenters. The first kappa shape index (κ1) is 20.1. The molecule has 8 nitrogen and oxygen atoms in total. The van der Waals surface area contributed by atoms with Gasteiger partial charge < -0.3 is 20.4 Å². The Balaban J connectivity index is 1.69. The maximum absolute atomic E-state index is 13.7. The van der Waals surface area contributed by atoms with Gasteiger partial charge in [0.2, 0.25) is 0 Å². The smallest absolute Gasteiger partial charge is 0.258 e. The van der Waals surface area contributed by atoms with Crippen molar-refractivity contribution in [3.05, 3.63) is 66.2 Å². The zero-order valence-electron chi connectivity index (χ0n) is 18.0. The lowest BCUT2D eigenvalue weighted by atomic mass is 10.1. The van der Waals surface area contributed by atoms with E-state index in [1.165, 1.54) is 6.33 Å². The predicted octanol–water partition coefficient (Wildman–Crippen LogP) is 3.98. The summed E-state index contributed by atoms with van der Waals surface area (Å²) < 4.78 is 7.29. The molecule has 3 N–H and O–H groups in total. The fraction of sp³-hybridized carbons (Fsp3) is 0.250. The molecule has 0 aliphatic heterocycles. The minimum atomic E-state index is -0.266. The Labute approximate surface area is 185 Å². The van der Waals surface area contributed by atoms with Crippen LogP contribution in [0.25, 0.3) is 22.3 Å². The molecule has 0 saturated heterocycles. The minimum absolute atomic E-state index is 0.134. The number of nitrogens with two attached hydrogens (primary N) is 1. The summed E-state index contributed by atoms with van der Waals surface area (Å²) in [6.45, 7) is 2.68. The van der Waals surface area contributed by atoms with Gasteiger partial charge in [0, 0.05) is 36.3 Å². The molecule has 1 aliphatic carbocycles. The van der Waals surface area contributed by atoms with E-state index in [2.05, 4.69) is 31.8 Å². The second-order valence-corrected chi connectivity index (χ2v) is 8.34. The first-order valence-corrected chi connectivity index (χ1v) is 10.5. The fourth-order valence-electron chi connectivity index (χ4n) is 4.11. The van der Waals surface area contributed by atoms with Crippen molar-refractivity contribution in [2.24, 2.45) is 0 Å². The average molecular weight is 428 g/mol. The molecule has 0 spiro atoms. The lowest BCUT2D eigenvalue weighted by molar-refractivity contribution is 0.102. The summed E-state index contributed by atoms with van der Waals surface area (Å²) in [6.07, 6.45) is 6.91. The number of carbonyl (C=O) groups is 1. The summed E-state index contributed by atoms with van der Waals surface area (Å²) in [4.78, 5) is 26.7. The van der Waals surface area contributed by atoms with E-state index in [0.29, 0.717) is 28.9 Å². The molecule has 8 heteroatoms. The van der Waals surface area contributed by atoms with Crippen molar-refractivity contribution in [2.45, 2.75) is 31.9 Å². The Hall–Kier alpha value is -3.78. The van der Waals surface area contributed by atoms with Gasteiger partial charge in [0.25, 0.3) is 5.91 Å². The lowest BCUT2D eigenvalue weighted by Crippen LogP contribution is -2.17. The number of amides is 1. The molecule has 32 heavy (non-hydrogen) atoms. The quantitative estimate of drug-likeness (QED) is 0.481. The standard InChI is InChI=1S/C24H24N6O2/c1-24(9-10-24)30-20(16-4-3-11-26-12-16)18(19-21(25)27-14-28-22(19)30)23(31)29-17-7-5-15(6-8-17)13-32-2/h3-8,11-12,14H,9-10,13H2,1-2H3,(H,29,31)(H2,25,27,28). The van der Waals surface area contributed by atoms with Gasteiger partial charge in [-0.3, -0.25) is 9.78 Å². The van der Waals surface area contributed by atoms with Crippen molar-refractivity contribution in [1.29, 1.82) is 0 Å². The van der Waals surface area contributed by atoms with E-state index in [4.69, 9.17) is 10.5 Å². The second kappa shape index (κ2) is 7.72. The number of nitrogens with one attached hydrogen (secondary N) is 1. The summed E-state index contributed by atoms with van der Waals surface area (Å²) in [5.41, 5.74) is 10.6. The second-order valence-electron chi connectivity index (χ2n) is 8.34. The molecule has 1 aromatic carbocycles. The van der Waals surface area contributed by atoms with Gasteiger partial charge in [-0.05, 0) is 49.6 Å². The highest BCUT2D eigenvalue weighted by molar-refractivity contribution is 6.19. The van der Waals surface area contributed by atoms with Crippen molar-refractivity contribution in [1.82, 2.24) is 19.5 Å². The van der Waals surface area contributed by atoms with Gasteiger partial charge in [-0.2, -0.15) is 0 Å². The molecule has 1 fully saturated rings. The Morgan fingerprint density at radius 2 is 2.00 bits per heavy atom. The molecule has 5 rings (SSSR count). The van der Waals surface area contributed by atoms with Crippen LogP contribution in [0.15, 0.2) is 55.1 Å². The van der Waals surface area contributed by atoms with Crippen LogP contribution in [-0.4, -0.2) is 32.5 Å². The van der Waals surface area contributed by atoms with Crippen LogP contribution < -0.4 is 11.1 Å². The molecule has 1 amide bonds. The van der Waals surface area contributed by atoms with Crippen LogP contribution in [0.2, 0.25) is 0 Å². The lowest BCUT2D eigenvalue weighted by Gasteiger charge is -2.18. The largest absolute Gasteiger partial charge is 0.383 e. The van der Waals surface area contributed by atoms with Gasteiger partial charge in [-0.25, -0.2) is 9.97 Å². The third-order valence-electron chi connectivity index (χ3n) is 5.98. The molecular formula is C24H24N6O2. The van der Waals surface area contributed by atoms with Gasteiger partial charge >= 0.3 is 0 Å². The molecule has 162 valence electrons. The molecule has 0 radical (unpaired) electrons. The molecule has 3 heterocycles. The van der Waals surface area contributed by atoms with E-state index in [-0.39, 0.29) is 17.3 Å². The molecule has 0 atom stereocenters. The Kier molecular flexibility index (Phi) is 4.86. The van der Waals surface area contributed by atoms with Crippen molar-refractivity contribution in [3.63, 3.8) is 0 Å². The number of carbonyl (C=O) groups excluding carboxylic acids is 1. The Morgan fingerprint density at radius 1 is 1.22 bits per heavy atom. The maximum atomic E-state index is 13.7. The van der Waals surface area contributed by atoms with Crippen LogP contribution >= 0.6 is 0 Å². The van der Waals surface area contributed by atoms with Gasteiger partial charge in [0.05, 0.1) is 23.3 Å². The molecule has 4 aromatic rings. The number of nitrogen functional groups attached to an aromatic ring is 1. The summed E-state index contributed by atoms with van der Waals surface area (Å²) in [7, 11) is 1.65.